The molecule has 2 aromatic rings. The summed E-state index contributed by atoms with van der Waals surface area (Å²) in [6, 6.07) is 14.6. The van der Waals surface area contributed by atoms with Crippen LogP contribution in [-0.2, 0) is 21.9 Å². The van der Waals surface area contributed by atoms with Crippen LogP contribution in [0.1, 0.15) is 24.0 Å². The van der Waals surface area contributed by atoms with Gasteiger partial charge in [-0.15, -0.1) is 0 Å². The van der Waals surface area contributed by atoms with Gasteiger partial charge in [-0.1, -0.05) is 24.3 Å². The summed E-state index contributed by atoms with van der Waals surface area (Å²) in [7, 11) is -3.18. The highest BCUT2D eigenvalue weighted by atomic mass is 32.2. The molecule has 0 aromatic heterocycles. The molecule has 0 saturated carbocycles. The first-order valence-electron chi connectivity index (χ1n) is 7.73. The zero-order valence-electron chi connectivity index (χ0n) is 13.1. The Hall–Kier alpha value is -1.85. The van der Waals surface area contributed by atoms with Crippen molar-refractivity contribution in [3.05, 3.63) is 59.7 Å². The average molecular weight is 331 g/mol. The summed E-state index contributed by atoms with van der Waals surface area (Å²) in [5, 5.41) is 14.2. The quantitative estimate of drug-likeness (QED) is 0.904. The Kier molecular flexibility index (Phi) is 4.17. The van der Waals surface area contributed by atoms with Crippen LogP contribution in [0.4, 0.5) is 5.69 Å². The van der Waals surface area contributed by atoms with Crippen LogP contribution in [0.3, 0.4) is 0 Å². The van der Waals surface area contributed by atoms with Crippen LogP contribution < -0.4 is 5.32 Å². The lowest BCUT2D eigenvalue weighted by Crippen LogP contribution is -2.37. The summed E-state index contributed by atoms with van der Waals surface area (Å²) >= 11 is 0. The van der Waals surface area contributed by atoms with Gasteiger partial charge in [0.25, 0.3) is 0 Å². The van der Waals surface area contributed by atoms with Crippen LogP contribution in [0.2, 0.25) is 0 Å². The first kappa shape index (κ1) is 16.0. The molecule has 0 bridgehead atoms. The predicted octanol–water partition coefficient (Wildman–Crippen LogP) is 2.73. The van der Waals surface area contributed by atoms with E-state index in [4.69, 9.17) is 0 Å². The molecule has 0 saturated heterocycles. The van der Waals surface area contributed by atoms with E-state index in [2.05, 4.69) is 11.4 Å². The molecule has 0 spiro atoms. The summed E-state index contributed by atoms with van der Waals surface area (Å²) in [5.41, 5.74) is 2.11. The second-order valence-electron chi connectivity index (χ2n) is 6.19. The highest BCUT2D eigenvalue weighted by Gasteiger charge is 2.33. The summed E-state index contributed by atoms with van der Waals surface area (Å²) < 4.78 is 23.0. The van der Waals surface area contributed by atoms with E-state index in [9.17, 15) is 13.5 Å². The van der Waals surface area contributed by atoms with Gasteiger partial charge >= 0.3 is 0 Å². The fourth-order valence-corrected chi connectivity index (χ4v) is 3.78. The SMILES string of the molecule is CS(=O)(=O)c1ccc(NC[C@@]2(O)CCCc3ccccc32)cc1. The van der Waals surface area contributed by atoms with Crippen LogP contribution in [0.5, 0.6) is 0 Å². The molecule has 23 heavy (non-hydrogen) atoms. The minimum Gasteiger partial charge on any atom is -0.383 e. The summed E-state index contributed by atoms with van der Waals surface area (Å²) in [4.78, 5) is 0.296. The normalized spacial score (nSPS) is 20.8. The molecule has 0 aliphatic heterocycles. The van der Waals surface area contributed by atoms with Crippen molar-refractivity contribution in [1.29, 1.82) is 0 Å². The zero-order chi connectivity index (χ0) is 16.5. The molecule has 4 nitrogen and oxygen atoms in total. The molecule has 2 N–H and O–H groups in total. The topological polar surface area (TPSA) is 66.4 Å². The fraction of sp³-hybridized carbons (Fsp3) is 0.333. The Labute approximate surface area is 137 Å². The van der Waals surface area contributed by atoms with E-state index in [1.165, 1.54) is 11.8 Å². The minimum absolute atomic E-state index is 0.296. The maximum absolute atomic E-state index is 11.5. The van der Waals surface area contributed by atoms with E-state index in [1.54, 1.807) is 24.3 Å². The van der Waals surface area contributed by atoms with Gasteiger partial charge in [-0.05, 0) is 54.7 Å². The first-order chi connectivity index (χ1) is 10.9. The second kappa shape index (κ2) is 5.98. The van der Waals surface area contributed by atoms with Gasteiger partial charge in [-0.3, -0.25) is 0 Å². The lowest BCUT2D eigenvalue weighted by Gasteiger charge is -2.35. The van der Waals surface area contributed by atoms with E-state index in [0.717, 1.165) is 30.5 Å². The molecule has 2 aromatic carbocycles. The zero-order valence-corrected chi connectivity index (χ0v) is 13.9. The van der Waals surface area contributed by atoms with E-state index >= 15 is 0 Å². The van der Waals surface area contributed by atoms with E-state index in [1.807, 2.05) is 18.2 Å². The molecule has 1 atom stereocenters. The Balaban J connectivity index is 1.76. The van der Waals surface area contributed by atoms with Crippen LogP contribution >= 0.6 is 0 Å². The Bertz CT molecular complexity index is 799. The summed E-state index contributed by atoms with van der Waals surface area (Å²) in [6.07, 6.45) is 3.87. The molecule has 0 amide bonds. The van der Waals surface area contributed by atoms with Gasteiger partial charge in [-0.2, -0.15) is 0 Å². The molecule has 3 rings (SSSR count). The number of anilines is 1. The third-order valence-electron chi connectivity index (χ3n) is 4.42. The van der Waals surface area contributed by atoms with Crippen molar-refractivity contribution in [2.24, 2.45) is 0 Å². The molecule has 0 heterocycles. The third-order valence-corrected chi connectivity index (χ3v) is 5.55. The van der Waals surface area contributed by atoms with Crippen LogP contribution in [0, 0.1) is 0 Å². The molecule has 1 aliphatic rings. The molecule has 0 fully saturated rings. The molecule has 1 aliphatic carbocycles. The maximum Gasteiger partial charge on any atom is 0.175 e. The number of fused-ring (bicyclic) bond motifs is 1. The summed E-state index contributed by atoms with van der Waals surface area (Å²) in [5.74, 6) is 0. The monoisotopic (exact) mass is 331 g/mol. The smallest absolute Gasteiger partial charge is 0.175 e. The van der Waals surface area contributed by atoms with Crippen molar-refractivity contribution in [2.45, 2.75) is 29.8 Å². The first-order valence-corrected chi connectivity index (χ1v) is 9.62. The lowest BCUT2D eigenvalue weighted by atomic mass is 9.79. The van der Waals surface area contributed by atoms with Crippen molar-refractivity contribution in [2.75, 3.05) is 18.1 Å². The number of benzene rings is 2. The minimum atomic E-state index is -3.18. The van der Waals surface area contributed by atoms with Crippen molar-refractivity contribution in [1.82, 2.24) is 0 Å². The van der Waals surface area contributed by atoms with Crippen molar-refractivity contribution < 1.29 is 13.5 Å². The van der Waals surface area contributed by atoms with Crippen LogP contribution in [0.15, 0.2) is 53.4 Å². The van der Waals surface area contributed by atoms with Crippen molar-refractivity contribution >= 4 is 15.5 Å². The lowest BCUT2D eigenvalue weighted by molar-refractivity contribution is 0.0323. The molecular formula is C18H21NO3S. The molecular weight excluding hydrogens is 310 g/mol. The summed E-state index contributed by atoms with van der Waals surface area (Å²) in [6.45, 7) is 0.405. The Morgan fingerprint density at radius 3 is 2.52 bits per heavy atom. The van der Waals surface area contributed by atoms with Crippen LogP contribution in [-0.4, -0.2) is 26.3 Å². The fourth-order valence-electron chi connectivity index (χ4n) is 3.15. The third kappa shape index (κ3) is 3.41. The Morgan fingerprint density at radius 2 is 1.83 bits per heavy atom. The number of aliphatic hydroxyl groups is 1. The second-order valence-corrected chi connectivity index (χ2v) is 8.21. The van der Waals surface area contributed by atoms with Gasteiger partial charge in [0.1, 0.15) is 5.60 Å². The van der Waals surface area contributed by atoms with Gasteiger partial charge in [0, 0.05) is 18.5 Å². The number of nitrogens with one attached hydrogen (secondary N) is 1. The number of aryl methyl sites for hydroxylation is 1. The largest absolute Gasteiger partial charge is 0.383 e. The number of hydrogen-bond donors (Lipinski definition) is 2. The molecule has 5 heteroatoms. The van der Waals surface area contributed by atoms with Crippen molar-refractivity contribution in [3.63, 3.8) is 0 Å². The predicted molar refractivity (Wildman–Crippen MR) is 91.3 cm³/mol. The van der Waals surface area contributed by atoms with Gasteiger partial charge in [-0.25, -0.2) is 8.42 Å². The maximum atomic E-state index is 11.5. The van der Waals surface area contributed by atoms with Gasteiger partial charge in [0.2, 0.25) is 0 Å². The highest BCUT2D eigenvalue weighted by Crippen LogP contribution is 2.35. The van der Waals surface area contributed by atoms with E-state index in [0.29, 0.717) is 11.4 Å². The standard InChI is InChI=1S/C18H21NO3S/c1-23(21,22)16-10-8-15(9-11-16)19-13-18(20)12-4-6-14-5-2-3-7-17(14)18/h2-3,5,7-11,19-20H,4,6,12-13H2,1H3/t18-/m0/s1. The molecule has 0 unspecified atom stereocenters. The van der Waals surface area contributed by atoms with Crippen LogP contribution in [0.25, 0.3) is 0 Å². The number of hydrogen-bond acceptors (Lipinski definition) is 4. The van der Waals surface area contributed by atoms with E-state index < -0.39 is 15.4 Å². The van der Waals surface area contributed by atoms with Gasteiger partial charge in [0.05, 0.1) is 4.90 Å². The van der Waals surface area contributed by atoms with Crippen molar-refractivity contribution in [3.8, 4) is 0 Å². The van der Waals surface area contributed by atoms with Gasteiger partial charge in [0.15, 0.2) is 9.84 Å². The van der Waals surface area contributed by atoms with E-state index in [-0.39, 0.29) is 0 Å². The molecule has 122 valence electrons. The number of rotatable bonds is 4. The number of sulfone groups is 1. The average Bonchev–Trinajstić information content (AvgIpc) is 2.53. The highest BCUT2D eigenvalue weighted by molar-refractivity contribution is 7.90. The Morgan fingerprint density at radius 1 is 1.13 bits per heavy atom. The molecule has 0 radical (unpaired) electrons. The van der Waals surface area contributed by atoms with Gasteiger partial charge < -0.3 is 10.4 Å².